The molecule has 1 aliphatic rings. The zero-order valence-electron chi connectivity index (χ0n) is 8.27. The number of benzene rings is 1. The largest absolute Gasteiger partial charge is 0.497 e. The van der Waals surface area contributed by atoms with Crippen molar-refractivity contribution in [3.8, 4) is 5.75 Å². The SMILES string of the molecule is COc1ccc(C2=COC(C=O)N2)cc1. The molecule has 0 aromatic heterocycles. The van der Waals surface area contributed by atoms with Crippen LogP contribution in [0.4, 0.5) is 0 Å². The topological polar surface area (TPSA) is 47.6 Å². The summed E-state index contributed by atoms with van der Waals surface area (Å²) in [6, 6.07) is 7.50. The van der Waals surface area contributed by atoms with E-state index >= 15 is 0 Å². The van der Waals surface area contributed by atoms with Crippen molar-refractivity contribution in [2.75, 3.05) is 7.11 Å². The Morgan fingerprint density at radius 2 is 2.13 bits per heavy atom. The number of nitrogens with one attached hydrogen (secondary N) is 1. The van der Waals surface area contributed by atoms with Gasteiger partial charge in [0.15, 0.2) is 6.29 Å². The van der Waals surface area contributed by atoms with Gasteiger partial charge in [-0.1, -0.05) is 0 Å². The van der Waals surface area contributed by atoms with Gasteiger partial charge in [-0.05, 0) is 24.3 Å². The number of rotatable bonds is 3. The maximum Gasteiger partial charge on any atom is 0.225 e. The molecule has 4 nitrogen and oxygen atoms in total. The van der Waals surface area contributed by atoms with E-state index in [1.165, 1.54) is 0 Å². The summed E-state index contributed by atoms with van der Waals surface area (Å²) in [6.07, 6.45) is 1.69. The molecule has 1 aromatic carbocycles. The Bertz CT molecular complexity index is 383. The molecule has 1 unspecified atom stereocenters. The third-order valence-electron chi connectivity index (χ3n) is 2.15. The number of carbonyl (C=O) groups excluding carboxylic acids is 1. The Labute approximate surface area is 87.5 Å². The molecule has 1 aromatic rings. The Balaban J connectivity index is 2.14. The smallest absolute Gasteiger partial charge is 0.225 e. The van der Waals surface area contributed by atoms with E-state index in [9.17, 15) is 4.79 Å². The summed E-state index contributed by atoms with van der Waals surface area (Å²) in [5, 5.41) is 2.92. The highest BCUT2D eigenvalue weighted by atomic mass is 16.5. The van der Waals surface area contributed by atoms with Gasteiger partial charge in [-0.2, -0.15) is 0 Å². The zero-order chi connectivity index (χ0) is 10.7. The fourth-order valence-corrected chi connectivity index (χ4v) is 1.35. The Hall–Kier alpha value is -1.97. The molecule has 0 spiro atoms. The molecule has 0 aliphatic carbocycles. The summed E-state index contributed by atoms with van der Waals surface area (Å²) in [5.41, 5.74) is 1.76. The second-order valence-corrected chi connectivity index (χ2v) is 3.10. The van der Waals surface area contributed by atoms with Crippen LogP contribution >= 0.6 is 0 Å². The highest BCUT2D eigenvalue weighted by Crippen LogP contribution is 2.20. The van der Waals surface area contributed by atoms with Crippen LogP contribution in [-0.2, 0) is 9.53 Å². The highest BCUT2D eigenvalue weighted by Gasteiger charge is 2.16. The standard InChI is InChI=1S/C11H11NO3/c1-14-9-4-2-8(3-5-9)10-7-15-11(6-13)12-10/h2-7,11-12H,1H3. The van der Waals surface area contributed by atoms with Gasteiger partial charge in [-0.3, -0.25) is 4.79 Å². The Kier molecular flexibility index (Phi) is 2.58. The molecule has 1 heterocycles. The highest BCUT2D eigenvalue weighted by molar-refractivity contribution is 5.70. The lowest BCUT2D eigenvalue weighted by Crippen LogP contribution is -2.24. The first-order valence-electron chi connectivity index (χ1n) is 4.55. The first-order valence-corrected chi connectivity index (χ1v) is 4.55. The average Bonchev–Trinajstić information content (AvgIpc) is 2.78. The van der Waals surface area contributed by atoms with Gasteiger partial charge in [0.2, 0.25) is 6.23 Å². The lowest BCUT2D eigenvalue weighted by atomic mass is 10.1. The van der Waals surface area contributed by atoms with Crippen molar-refractivity contribution >= 4 is 12.0 Å². The number of carbonyl (C=O) groups is 1. The first-order chi connectivity index (χ1) is 7.33. The van der Waals surface area contributed by atoms with Crippen molar-refractivity contribution in [3.05, 3.63) is 36.1 Å². The van der Waals surface area contributed by atoms with Crippen molar-refractivity contribution in [2.45, 2.75) is 6.23 Å². The van der Waals surface area contributed by atoms with Crippen LogP contribution in [0.5, 0.6) is 5.75 Å². The van der Waals surface area contributed by atoms with Gasteiger partial charge < -0.3 is 14.8 Å². The maximum atomic E-state index is 10.4. The third kappa shape index (κ3) is 1.93. The second kappa shape index (κ2) is 4.04. The summed E-state index contributed by atoms with van der Waals surface area (Å²) in [7, 11) is 1.62. The van der Waals surface area contributed by atoms with Gasteiger partial charge in [0, 0.05) is 5.56 Å². The molecule has 1 aliphatic heterocycles. The van der Waals surface area contributed by atoms with E-state index in [0.717, 1.165) is 17.0 Å². The predicted molar refractivity (Wildman–Crippen MR) is 55.0 cm³/mol. The molecule has 0 saturated heterocycles. The van der Waals surface area contributed by atoms with Crippen molar-refractivity contribution in [1.29, 1.82) is 0 Å². The van der Waals surface area contributed by atoms with Crippen LogP contribution in [0.15, 0.2) is 30.5 Å². The van der Waals surface area contributed by atoms with Crippen LogP contribution in [0.2, 0.25) is 0 Å². The first kappa shape index (κ1) is 9.58. The van der Waals surface area contributed by atoms with Crippen LogP contribution in [0.3, 0.4) is 0 Å². The normalized spacial score (nSPS) is 18.7. The number of hydrogen-bond acceptors (Lipinski definition) is 4. The minimum Gasteiger partial charge on any atom is -0.497 e. The van der Waals surface area contributed by atoms with Gasteiger partial charge in [0.25, 0.3) is 0 Å². The molecular formula is C11H11NO3. The van der Waals surface area contributed by atoms with Crippen molar-refractivity contribution < 1.29 is 14.3 Å². The fourth-order valence-electron chi connectivity index (χ4n) is 1.35. The molecule has 0 bridgehead atoms. The van der Waals surface area contributed by atoms with Crippen LogP contribution in [0, 0.1) is 0 Å². The van der Waals surface area contributed by atoms with E-state index in [-0.39, 0.29) is 0 Å². The zero-order valence-corrected chi connectivity index (χ0v) is 8.27. The van der Waals surface area contributed by atoms with E-state index in [0.29, 0.717) is 6.29 Å². The van der Waals surface area contributed by atoms with E-state index in [2.05, 4.69) is 5.32 Å². The van der Waals surface area contributed by atoms with E-state index in [1.54, 1.807) is 13.4 Å². The van der Waals surface area contributed by atoms with Crippen LogP contribution < -0.4 is 10.1 Å². The van der Waals surface area contributed by atoms with Gasteiger partial charge in [-0.15, -0.1) is 0 Å². The summed E-state index contributed by atoms with van der Waals surface area (Å²) in [6.45, 7) is 0. The number of methoxy groups -OCH3 is 1. The van der Waals surface area contributed by atoms with E-state index in [1.807, 2.05) is 24.3 Å². The maximum absolute atomic E-state index is 10.4. The summed E-state index contributed by atoms with van der Waals surface area (Å²) < 4.78 is 10.1. The number of hydrogen-bond donors (Lipinski definition) is 1. The summed E-state index contributed by atoms with van der Waals surface area (Å²) in [4.78, 5) is 10.4. The van der Waals surface area contributed by atoms with Crippen LogP contribution in [-0.4, -0.2) is 19.6 Å². The molecule has 0 radical (unpaired) electrons. The van der Waals surface area contributed by atoms with Gasteiger partial charge in [0.05, 0.1) is 12.8 Å². The van der Waals surface area contributed by atoms with Crippen molar-refractivity contribution in [1.82, 2.24) is 5.32 Å². The molecule has 0 saturated carbocycles. The van der Waals surface area contributed by atoms with Crippen molar-refractivity contribution in [2.24, 2.45) is 0 Å². The number of aldehydes is 1. The van der Waals surface area contributed by atoms with E-state index < -0.39 is 6.23 Å². The minimum absolute atomic E-state index is 0.567. The summed E-state index contributed by atoms with van der Waals surface area (Å²) >= 11 is 0. The molecule has 2 rings (SSSR count). The Morgan fingerprint density at radius 1 is 1.40 bits per heavy atom. The van der Waals surface area contributed by atoms with Gasteiger partial charge >= 0.3 is 0 Å². The lowest BCUT2D eigenvalue weighted by Gasteiger charge is -2.06. The quantitative estimate of drug-likeness (QED) is 0.752. The minimum atomic E-state index is -0.567. The van der Waals surface area contributed by atoms with Crippen molar-refractivity contribution in [3.63, 3.8) is 0 Å². The van der Waals surface area contributed by atoms with Crippen LogP contribution in [0.1, 0.15) is 5.56 Å². The molecule has 1 atom stereocenters. The molecule has 0 amide bonds. The van der Waals surface area contributed by atoms with E-state index in [4.69, 9.17) is 9.47 Å². The Morgan fingerprint density at radius 3 is 2.67 bits per heavy atom. The third-order valence-corrected chi connectivity index (χ3v) is 2.15. The lowest BCUT2D eigenvalue weighted by molar-refractivity contribution is -0.115. The molecule has 15 heavy (non-hydrogen) atoms. The number of ether oxygens (including phenoxy) is 2. The fraction of sp³-hybridized carbons (Fsp3) is 0.182. The summed E-state index contributed by atoms with van der Waals surface area (Å²) in [5.74, 6) is 0.796. The molecular weight excluding hydrogens is 194 g/mol. The molecule has 0 fully saturated rings. The predicted octanol–water partition coefficient (Wildman–Crippen LogP) is 1.14. The molecule has 1 N–H and O–H groups in total. The van der Waals surface area contributed by atoms with Gasteiger partial charge in [-0.25, -0.2) is 0 Å². The second-order valence-electron chi connectivity index (χ2n) is 3.10. The average molecular weight is 205 g/mol. The molecule has 4 heteroatoms. The van der Waals surface area contributed by atoms with Crippen LogP contribution in [0.25, 0.3) is 5.70 Å². The molecule has 78 valence electrons. The monoisotopic (exact) mass is 205 g/mol. The van der Waals surface area contributed by atoms with Gasteiger partial charge in [0.1, 0.15) is 12.0 Å².